The number of terminal acetylenes is 1. The first kappa shape index (κ1) is 14.2. The fourth-order valence-corrected chi connectivity index (χ4v) is 2.93. The SMILES string of the molecule is C#CCCCNC(=O)c1sc2cc(OC)ccc2c1N. The lowest BCUT2D eigenvalue weighted by Crippen LogP contribution is -2.24. The van der Waals surface area contributed by atoms with E-state index in [-0.39, 0.29) is 5.91 Å². The quantitative estimate of drug-likeness (QED) is 0.656. The maximum absolute atomic E-state index is 12.1. The van der Waals surface area contributed by atoms with Crippen molar-refractivity contribution in [3.05, 3.63) is 23.1 Å². The molecule has 0 aliphatic carbocycles. The highest BCUT2D eigenvalue weighted by Crippen LogP contribution is 2.35. The van der Waals surface area contributed by atoms with Crippen molar-refractivity contribution in [1.29, 1.82) is 0 Å². The number of hydrogen-bond donors (Lipinski definition) is 2. The van der Waals surface area contributed by atoms with E-state index in [2.05, 4.69) is 11.2 Å². The summed E-state index contributed by atoms with van der Waals surface area (Å²) >= 11 is 1.37. The van der Waals surface area contributed by atoms with Crippen LogP contribution in [0.3, 0.4) is 0 Å². The van der Waals surface area contributed by atoms with Gasteiger partial charge in [0.15, 0.2) is 0 Å². The Morgan fingerprint density at radius 3 is 3.05 bits per heavy atom. The van der Waals surface area contributed by atoms with Gasteiger partial charge >= 0.3 is 0 Å². The van der Waals surface area contributed by atoms with Gasteiger partial charge in [-0.05, 0) is 24.6 Å². The second kappa shape index (κ2) is 6.31. The first-order valence-corrected chi connectivity index (χ1v) is 7.06. The summed E-state index contributed by atoms with van der Waals surface area (Å²) in [6.07, 6.45) is 6.58. The van der Waals surface area contributed by atoms with E-state index in [0.717, 1.165) is 22.3 Å². The lowest BCUT2D eigenvalue weighted by Gasteiger charge is -2.02. The Labute approximate surface area is 121 Å². The molecule has 2 aromatic rings. The molecular weight excluding hydrogens is 272 g/mol. The number of methoxy groups -OCH3 is 1. The van der Waals surface area contributed by atoms with E-state index < -0.39 is 0 Å². The van der Waals surface area contributed by atoms with E-state index in [4.69, 9.17) is 16.9 Å². The summed E-state index contributed by atoms with van der Waals surface area (Å²) in [5, 5.41) is 3.71. The third-order valence-electron chi connectivity index (χ3n) is 2.93. The smallest absolute Gasteiger partial charge is 0.263 e. The van der Waals surface area contributed by atoms with Crippen LogP contribution < -0.4 is 15.8 Å². The van der Waals surface area contributed by atoms with Gasteiger partial charge in [0, 0.05) is 23.1 Å². The van der Waals surface area contributed by atoms with Gasteiger partial charge in [-0.1, -0.05) is 0 Å². The zero-order valence-electron chi connectivity index (χ0n) is 11.2. The number of amides is 1. The van der Waals surface area contributed by atoms with Crippen LogP contribution in [0.15, 0.2) is 18.2 Å². The van der Waals surface area contributed by atoms with Crippen LogP contribution in [0.2, 0.25) is 0 Å². The predicted octanol–water partition coefficient (Wildman–Crippen LogP) is 2.64. The van der Waals surface area contributed by atoms with Crippen molar-refractivity contribution in [3.63, 3.8) is 0 Å². The molecule has 0 unspecified atom stereocenters. The fourth-order valence-electron chi connectivity index (χ4n) is 1.87. The molecule has 3 N–H and O–H groups in total. The number of unbranched alkanes of at least 4 members (excludes halogenated alkanes) is 1. The molecule has 1 amide bonds. The van der Waals surface area contributed by atoms with E-state index in [1.165, 1.54) is 11.3 Å². The van der Waals surface area contributed by atoms with Gasteiger partial charge in [-0.25, -0.2) is 0 Å². The van der Waals surface area contributed by atoms with E-state index >= 15 is 0 Å². The third kappa shape index (κ3) is 2.86. The van der Waals surface area contributed by atoms with Crippen LogP contribution in [0.4, 0.5) is 5.69 Å². The van der Waals surface area contributed by atoms with Crippen molar-refractivity contribution in [2.24, 2.45) is 0 Å². The Balaban J connectivity index is 2.19. The first-order valence-electron chi connectivity index (χ1n) is 6.25. The van der Waals surface area contributed by atoms with Gasteiger partial charge in [0.25, 0.3) is 5.91 Å². The lowest BCUT2D eigenvalue weighted by atomic mass is 10.2. The van der Waals surface area contributed by atoms with Crippen molar-refractivity contribution in [3.8, 4) is 18.1 Å². The Bertz CT molecular complexity index is 670. The number of anilines is 1. The minimum absolute atomic E-state index is 0.153. The largest absolute Gasteiger partial charge is 0.497 e. The highest BCUT2D eigenvalue weighted by atomic mass is 32.1. The maximum atomic E-state index is 12.1. The monoisotopic (exact) mass is 288 g/mol. The number of rotatable bonds is 5. The van der Waals surface area contributed by atoms with Crippen molar-refractivity contribution < 1.29 is 9.53 Å². The van der Waals surface area contributed by atoms with Crippen molar-refractivity contribution >= 4 is 33.0 Å². The normalized spacial score (nSPS) is 10.2. The van der Waals surface area contributed by atoms with Crippen molar-refractivity contribution in [1.82, 2.24) is 5.32 Å². The fraction of sp³-hybridized carbons (Fsp3) is 0.267. The molecule has 1 aromatic carbocycles. The van der Waals surface area contributed by atoms with E-state index in [1.807, 2.05) is 18.2 Å². The molecule has 2 rings (SSSR count). The van der Waals surface area contributed by atoms with Gasteiger partial charge in [0.1, 0.15) is 10.6 Å². The molecule has 20 heavy (non-hydrogen) atoms. The van der Waals surface area contributed by atoms with E-state index in [1.54, 1.807) is 7.11 Å². The number of hydrogen-bond acceptors (Lipinski definition) is 4. The summed E-state index contributed by atoms with van der Waals surface area (Å²) in [6, 6.07) is 5.58. The molecule has 0 spiro atoms. The number of thiophene rings is 1. The molecule has 1 aromatic heterocycles. The number of carbonyl (C=O) groups excluding carboxylic acids is 1. The summed E-state index contributed by atoms with van der Waals surface area (Å²) < 4.78 is 6.11. The van der Waals surface area contributed by atoms with Gasteiger partial charge in [-0.2, -0.15) is 0 Å². The van der Waals surface area contributed by atoms with Gasteiger partial charge in [0.2, 0.25) is 0 Å². The molecule has 0 saturated heterocycles. The van der Waals surface area contributed by atoms with Crippen LogP contribution in [-0.2, 0) is 0 Å². The predicted molar refractivity (Wildman–Crippen MR) is 83.2 cm³/mol. The highest BCUT2D eigenvalue weighted by molar-refractivity contribution is 7.21. The third-order valence-corrected chi connectivity index (χ3v) is 4.09. The Morgan fingerprint density at radius 2 is 2.35 bits per heavy atom. The Morgan fingerprint density at radius 1 is 1.55 bits per heavy atom. The summed E-state index contributed by atoms with van der Waals surface area (Å²) in [6.45, 7) is 0.556. The molecule has 0 radical (unpaired) electrons. The number of benzene rings is 1. The van der Waals surface area contributed by atoms with Gasteiger partial charge in [0.05, 0.1) is 12.8 Å². The second-order valence-corrected chi connectivity index (χ2v) is 5.32. The van der Waals surface area contributed by atoms with Crippen LogP contribution in [-0.4, -0.2) is 19.6 Å². The zero-order valence-corrected chi connectivity index (χ0v) is 12.0. The maximum Gasteiger partial charge on any atom is 0.263 e. The molecule has 1 heterocycles. The summed E-state index contributed by atoms with van der Waals surface area (Å²) in [7, 11) is 1.61. The molecule has 104 valence electrons. The molecule has 0 fully saturated rings. The first-order chi connectivity index (χ1) is 9.67. The lowest BCUT2D eigenvalue weighted by molar-refractivity contribution is 0.0958. The van der Waals surface area contributed by atoms with Crippen molar-refractivity contribution in [2.45, 2.75) is 12.8 Å². The second-order valence-electron chi connectivity index (χ2n) is 4.27. The molecule has 0 aliphatic heterocycles. The van der Waals surface area contributed by atoms with E-state index in [0.29, 0.717) is 23.5 Å². The molecule has 0 atom stereocenters. The van der Waals surface area contributed by atoms with Crippen LogP contribution >= 0.6 is 11.3 Å². The van der Waals surface area contributed by atoms with E-state index in [9.17, 15) is 4.79 Å². The number of fused-ring (bicyclic) bond motifs is 1. The summed E-state index contributed by atoms with van der Waals surface area (Å²) in [5.41, 5.74) is 6.55. The van der Waals surface area contributed by atoms with Gasteiger partial charge in [-0.3, -0.25) is 4.79 Å². The molecule has 4 nitrogen and oxygen atoms in total. The molecule has 5 heteroatoms. The number of nitrogen functional groups attached to an aromatic ring is 1. The topological polar surface area (TPSA) is 64.3 Å². The highest BCUT2D eigenvalue weighted by Gasteiger charge is 2.16. The summed E-state index contributed by atoms with van der Waals surface area (Å²) in [4.78, 5) is 12.6. The number of carbonyl (C=O) groups is 1. The zero-order chi connectivity index (χ0) is 14.5. The van der Waals surface area contributed by atoms with Crippen molar-refractivity contribution in [2.75, 3.05) is 19.4 Å². The van der Waals surface area contributed by atoms with Crippen LogP contribution in [0.25, 0.3) is 10.1 Å². The average Bonchev–Trinajstić information content (AvgIpc) is 2.80. The number of nitrogens with two attached hydrogens (primary N) is 1. The molecule has 0 saturated carbocycles. The minimum atomic E-state index is -0.153. The van der Waals surface area contributed by atoms with Crippen LogP contribution in [0, 0.1) is 12.3 Å². The summed E-state index contributed by atoms with van der Waals surface area (Å²) in [5.74, 6) is 3.14. The standard InChI is InChI=1S/C15H16N2O2S/c1-3-4-5-8-17-15(18)14-13(16)11-7-6-10(19-2)9-12(11)20-14/h1,6-7,9H,4-5,8,16H2,2H3,(H,17,18). The molecule has 0 bridgehead atoms. The number of nitrogens with one attached hydrogen (secondary N) is 1. The molecule has 0 aliphatic rings. The van der Waals surface area contributed by atoms with Gasteiger partial charge < -0.3 is 15.8 Å². The number of ether oxygens (including phenoxy) is 1. The Hall–Kier alpha value is -2.19. The van der Waals surface area contributed by atoms with Crippen LogP contribution in [0.1, 0.15) is 22.5 Å². The van der Waals surface area contributed by atoms with Gasteiger partial charge in [-0.15, -0.1) is 23.7 Å². The minimum Gasteiger partial charge on any atom is -0.497 e. The van der Waals surface area contributed by atoms with Crippen LogP contribution in [0.5, 0.6) is 5.75 Å². The Kier molecular flexibility index (Phi) is 4.49. The molecular formula is C15H16N2O2S. The average molecular weight is 288 g/mol.